The summed E-state index contributed by atoms with van der Waals surface area (Å²) in [4.78, 5) is 0. The fraction of sp³-hybridized carbons (Fsp3) is 0.625. The van der Waals surface area contributed by atoms with Gasteiger partial charge in [-0.3, -0.25) is 0 Å². The molecule has 0 spiro atoms. The molecule has 0 fully saturated rings. The molecule has 1 heterocycles. The van der Waals surface area contributed by atoms with Crippen LogP contribution in [0.15, 0.2) is 12.1 Å². The summed E-state index contributed by atoms with van der Waals surface area (Å²) in [6.07, 6.45) is 0. The van der Waals surface area contributed by atoms with Crippen LogP contribution in [0.1, 0.15) is 11.1 Å². The smallest absolute Gasteiger partial charge is 0.161 e. The Hall–Kier alpha value is -0.720. The molecule has 0 atom stereocenters. The molecular formula is C16H22Cl2O5. The fourth-order valence-corrected chi connectivity index (χ4v) is 2.58. The predicted molar refractivity (Wildman–Crippen MR) is 89.0 cm³/mol. The standard InChI is InChI=1S/C16H22Cl2O5/c17-11-13-9-15-16(10-14(13)12-18)23-8-6-21-4-2-19-1-3-20-5-7-22-15/h9-10H,1-8,11-12H2. The first-order chi connectivity index (χ1) is 11.3. The van der Waals surface area contributed by atoms with Gasteiger partial charge in [0.2, 0.25) is 0 Å². The lowest BCUT2D eigenvalue weighted by Crippen LogP contribution is -2.13. The Kier molecular flexibility index (Phi) is 8.86. The zero-order chi connectivity index (χ0) is 16.3. The van der Waals surface area contributed by atoms with Gasteiger partial charge in [-0.25, -0.2) is 0 Å². The largest absolute Gasteiger partial charge is 0.487 e. The lowest BCUT2D eigenvalue weighted by molar-refractivity contribution is 0.00708. The molecule has 5 nitrogen and oxygen atoms in total. The van der Waals surface area contributed by atoms with E-state index in [1.165, 1.54) is 0 Å². The number of hydrogen-bond donors (Lipinski definition) is 0. The highest BCUT2D eigenvalue weighted by molar-refractivity contribution is 6.18. The molecule has 0 aromatic heterocycles. The number of ether oxygens (including phenoxy) is 5. The van der Waals surface area contributed by atoms with Gasteiger partial charge < -0.3 is 23.7 Å². The average molecular weight is 365 g/mol. The third kappa shape index (κ3) is 6.36. The normalized spacial score (nSPS) is 18.0. The minimum Gasteiger partial charge on any atom is -0.487 e. The van der Waals surface area contributed by atoms with Crippen LogP contribution in [0.3, 0.4) is 0 Å². The van der Waals surface area contributed by atoms with Crippen molar-refractivity contribution in [2.45, 2.75) is 11.8 Å². The Labute approximate surface area is 146 Å². The van der Waals surface area contributed by atoms with E-state index in [4.69, 9.17) is 46.9 Å². The van der Waals surface area contributed by atoms with Crippen molar-refractivity contribution in [1.29, 1.82) is 0 Å². The minimum absolute atomic E-state index is 0.371. The van der Waals surface area contributed by atoms with Crippen LogP contribution in [-0.2, 0) is 26.0 Å². The predicted octanol–water partition coefficient (Wildman–Crippen LogP) is 2.99. The van der Waals surface area contributed by atoms with Gasteiger partial charge in [0.05, 0.1) is 39.6 Å². The van der Waals surface area contributed by atoms with Crippen LogP contribution in [-0.4, -0.2) is 52.9 Å². The monoisotopic (exact) mass is 364 g/mol. The molecule has 1 aromatic carbocycles. The van der Waals surface area contributed by atoms with E-state index < -0.39 is 0 Å². The van der Waals surface area contributed by atoms with E-state index in [1.807, 2.05) is 12.1 Å². The molecule has 2 rings (SSSR count). The van der Waals surface area contributed by atoms with E-state index in [1.54, 1.807) is 0 Å². The maximum atomic E-state index is 5.98. The van der Waals surface area contributed by atoms with Gasteiger partial charge in [0.15, 0.2) is 11.5 Å². The van der Waals surface area contributed by atoms with Gasteiger partial charge in [-0.15, -0.1) is 23.2 Å². The molecular weight excluding hydrogens is 343 g/mol. The van der Waals surface area contributed by atoms with Gasteiger partial charge >= 0.3 is 0 Å². The van der Waals surface area contributed by atoms with Crippen molar-refractivity contribution in [3.05, 3.63) is 23.3 Å². The number of alkyl halides is 2. The van der Waals surface area contributed by atoms with Crippen LogP contribution in [0.25, 0.3) is 0 Å². The highest BCUT2D eigenvalue weighted by Crippen LogP contribution is 2.32. The summed E-state index contributed by atoms with van der Waals surface area (Å²) in [5.74, 6) is 2.03. The highest BCUT2D eigenvalue weighted by Gasteiger charge is 2.12. The van der Waals surface area contributed by atoms with Gasteiger partial charge in [-0.05, 0) is 23.3 Å². The molecule has 0 bridgehead atoms. The first-order valence-electron chi connectivity index (χ1n) is 7.61. The van der Waals surface area contributed by atoms with Crippen molar-refractivity contribution in [1.82, 2.24) is 0 Å². The lowest BCUT2D eigenvalue weighted by atomic mass is 10.1. The molecule has 1 aliphatic heterocycles. The molecule has 7 heteroatoms. The molecule has 1 aromatic rings. The van der Waals surface area contributed by atoms with Gasteiger partial charge in [0, 0.05) is 11.8 Å². The molecule has 130 valence electrons. The Balaban J connectivity index is 2.08. The van der Waals surface area contributed by atoms with Crippen LogP contribution in [0.2, 0.25) is 0 Å². The van der Waals surface area contributed by atoms with Gasteiger partial charge in [-0.2, -0.15) is 0 Å². The Bertz CT molecular complexity index is 429. The SMILES string of the molecule is ClCc1cc2c(cc1CCl)OCCOCCOCCOCCO2. The Morgan fingerprint density at radius 1 is 0.609 bits per heavy atom. The minimum atomic E-state index is 0.371. The van der Waals surface area contributed by atoms with E-state index in [0.717, 1.165) is 11.1 Å². The average Bonchev–Trinajstić information content (AvgIpc) is 2.59. The summed E-state index contributed by atoms with van der Waals surface area (Å²) in [6, 6.07) is 3.75. The number of hydrogen-bond acceptors (Lipinski definition) is 5. The topological polar surface area (TPSA) is 46.2 Å². The summed E-state index contributed by atoms with van der Waals surface area (Å²) < 4.78 is 27.8. The Morgan fingerprint density at radius 3 is 1.30 bits per heavy atom. The second-order valence-electron chi connectivity index (χ2n) is 4.87. The van der Waals surface area contributed by atoms with Crippen molar-refractivity contribution in [3.63, 3.8) is 0 Å². The molecule has 23 heavy (non-hydrogen) atoms. The molecule has 0 unspecified atom stereocenters. The van der Waals surface area contributed by atoms with E-state index in [2.05, 4.69) is 0 Å². The van der Waals surface area contributed by atoms with Crippen molar-refractivity contribution in [3.8, 4) is 11.5 Å². The summed E-state index contributed by atoms with van der Waals surface area (Å²) >= 11 is 12.0. The van der Waals surface area contributed by atoms with Crippen LogP contribution in [0.4, 0.5) is 0 Å². The fourth-order valence-electron chi connectivity index (χ4n) is 2.08. The second-order valence-corrected chi connectivity index (χ2v) is 5.40. The van der Waals surface area contributed by atoms with Crippen LogP contribution >= 0.6 is 23.2 Å². The first kappa shape index (κ1) is 18.6. The highest BCUT2D eigenvalue weighted by atomic mass is 35.5. The van der Waals surface area contributed by atoms with Crippen molar-refractivity contribution >= 4 is 23.2 Å². The molecule has 0 saturated carbocycles. The quantitative estimate of drug-likeness (QED) is 0.754. The second kappa shape index (κ2) is 10.9. The third-order valence-corrected chi connectivity index (χ3v) is 3.84. The van der Waals surface area contributed by atoms with Crippen LogP contribution in [0.5, 0.6) is 11.5 Å². The summed E-state index contributed by atoms with van der Waals surface area (Å²) in [6.45, 7) is 3.97. The van der Waals surface area contributed by atoms with E-state index in [0.29, 0.717) is 76.1 Å². The maximum absolute atomic E-state index is 5.98. The van der Waals surface area contributed by atoms with Crippen LogP contribution < -0.4 is 9.47 Å². The van der Waals surface area contributed by atoms with E-state index in [-0.39, 0.29) is 0 Å². The Morgan fingerprint density at radius 2 is 0.957 bits per heavy atom. The van der Waals surface area contributed by atoms with Crippen molar-refractivity contribution < 1.29 is 23.7 Å². The number of fused-ring (bicyclic) bond motifs is 1. The zero-order valence-electron chi connectivity index (χ0n) is 13.0. The summed E-state index contributed by atoms with van der Waals surface area (Å²) in [5.41, 5.74) is 1.88. The number of rotatable bonds is 2. The molecule has 0 aliphatic carbocycles. The van der Waals surface area contributed by atoms with Crippen molar-refractivity contribution in [2.24, 2.45) is 0 Å². The number of halogens is 2. The van der Waals surface area contributed by atoms with Crippen molar-refractivity contribution in [2.75, 3.05) is 52.9 Å². The van der Waals surface area contributed by atoms with E-state index >= 15 is 0 Å². The molecule has 0 N–H and O–H groups in total. The third-order valence-electron chi connectivity index (χ3n) is 3.27. The zero-order valence-corrected chi connectivity index (χ0v) is 14.5. The molecule has 0 saturated heterocycles. The van der Waals surface area contributed by atoms with Gasteiger partial charge in [-0.1, -0.05) is 0 Å². The first-order valence-corrected chi connectivity index (χ1v) is 8.68. The van der Waals surface area contributed by atoms with Gasteiger partial charge in [0.1, 0.15) is 13.2 Å². The maximum Gasteiger partial charge on any atom is 0.161 e. The summed E-state index contributed by atoms with van der Waals surface area (Å²) in [7, 11) is 0. The van der Waals surface area contributed by atoms with E-state index in [9.17, 15) is 0 Å². The molecule has 1 aliphatic rings. The number of benzene rings is 1. The molecule has 0 radical (unpaired) electrons. The van der Waals surface area contributed by atoms with Gasteiger partial charge in [0.25, 0.3) is 0 Å². The molecule has 0 amide bonds. The summed E-state index contributed by atoms with van der Waals surface area (Å²) in [5, 5.41) is 0. The lowest BCUT2D eigenvalue weighted by Gasteiger charge is -2.16. The van der Waals surface area contributed by atoms with Crippen LogP contribution in [0, 0.1) is 0 Å².